The maximum Gasteiger partial charge on any atom is 0.239 e. The van der Waals surface area contributed by atoms with E-state index in [9.17, 15) is 9.18 Å². The second-order valence-electron chi connectivity index (χ2n) is 3.58. The summed E-state index contributed by atoms with van der Waals surface area (Å²) in [6.07, 6.45) is 0. The Kier molecular flexibility index (Phi) is 5.94. The van der Waals surface area contributed by atoms with Gasteiger partial charge in [0.25, 0.3) is 0 Å². The van der Waals surface area contributed by atoms with Crippen LogP contribution in [0.1, 0.15) is 11.1 Å². The molecule has 0 aliphatic heterocycles. The molecule has 0 saturated heterocycles. The summed E-state index contributed by atoms with van der Waals surface area (Å²) < 4.78 is 17.0. The lowest BCUT2D eigenvalue weighted by atomic mass is 10.1. The van der Waals surface area contributed by atoms with Gasteiger partial charge in [-0.3, -0.25) is 4.79 Å². The first-order chi connectivity index (χ1) is 8.17. The van der Waals surface area contributed by atoms with E-state index in [1.165, 1.54) is 0 Å². The Balaban J connectivity index is 2.76. The number of nitrogens with one attached hydrogen (secondary N) is 1. The van der Waals surface area contributed by atoms with Crippen LogP contribution < -0.4 is 5.32 Å². The fourth-order valence-corrected chi connectivity index (χ4v) is 1.42. The number of anilines is 1. The number of aryl methyl sites for hydroxylation is 1. The Morgan fingerprint density at radius 3 is 2.94 bits per heavy atom. The molecule has 1 amide bonds. The molecule has 0 fully saturated rings. The summed E-state index contributed by atoms with van der Waals surface area (Å²) in [6.45, 7) is 1.72. The molecule has 0 aliphatic carbocycles. The van der Waals surface area contributed by atoms with Gasteiger partial charge in [0.05, 0.1) is 13.2 Å². The third-order valence-corrected chi connectivity index (χ3v) is 2.38. The number of hydrogen-bond acceptors (Lipinski definition) is 2. The number of rotatable bonds is 6. The van der Waals surface area contributed by atoms with Crippen LogP contribution in [0.4, 0.5) is 10.1 Å². The number of carbonyl (C=O) groups excluding carboxylic acids is 1. The third-order valence-electron chi connectivity index (χ3n) is 2.14. The van der Waals surface area contributed by atoms with Crippen molar-refractivity contribution in [2.45, 2.75) is 13.5 Å². The van der Waals surface area contributed by atoms with Gasteiger partial charge in [0.2, 0.25) is 5.91 Å². The summed E-state index contributed by atoms with van der Waals surface area (Å²) in [5.74, 6) is -0.373. The first-order valence-corrected chi connectivity index (χ1v) is 5.80. The molecule has 0 unspecified atom stereocenters. The zero-order valence-electron chi connectivity index (χ0n) is 9.63. The van der Waals surface area contributed by atoms with Crippen LogP contribution >= 0.6 is 11.6 Å². The molecule has 0 bridgehead atoms. The second kappa shape index (κ2) is 7.25. The van der Waals surface area contributed by atoms with E-state index in [0.29, 0.717) is 5.69 Å². The van der Waals surface area contributed by atoms with Crippen LogP contribution in [-0.2, 0) is 16.1 Å². The van der Waals surface area contributed by atoms with E-state index in [0.717, 1.165) is 11.1 Å². The van der Waals surface area contributed by atoms with Crippen LogP contribution in [0, 0.1) is 6.92 Å². The summed E-state index contributed by atoms with van der Waals surface area (Å²) in [5.41, 5.74) is 2.49. The molecule has 0 spiro atoms. The van der Waals surface area contributed by atoms with Gasteiger partial charge in [-0.2, -0.15) is 0 Å². The van der Waals surface area contributed by atoms with Crippen molar-refractivity contribution in [3.05, 3.63) is 29.3 Å². The Hall–Kier alpha value is -1.13. The highest BCUT2D eigenvalue weighted by Crippen LogP contribution is 2.18. The summed E-state index contributed by atoms with van der Waals surface area (Å²) in [4.78, 5) is 11.2. The fraction of sp³-hybridized carbons (Fsp3) is 0.417. The minimum Gasteiger partial charge on any atom is -0.374 e. The predicted molar refractivity (Wildman–Crippen MR) is 66.2 cm³/mol. The first-order valence-electron chi connectivity index (χ1n) is 5.26. The lowest BCUT2D eigenvalue weighted by Crippen LogP contribution is -2.14. The van der Waals surface area contributed by atoms with Crippen molar-refractivity contribution < 1.29 is 13.9 Å². The quantitative estimate of drug-likeness (QED) is 0.630. The van der Waals surface area contributed by atoms with Crippen LogP contribution in [-0.4, -0.2) is 25.1 Å². The molecule has 94 valence electrons. The van der Waals surface area contributed by atoms with Gasteiger partial charge in [-0.05, 0) is 18.6 Å². The lowest BCUT2D eigenvalue weighted by molar-refractivity contribution is -0.113. The average molecular weight is 260 g/mol. The zero-order valence-corrected chi connectivity index (χ0v) is 10.4. The second-order valence-corrected chi connectivity index (χ2v) is 3.85. The predicted octanol–water partition coefficient (Wildman–Crippen LogP) is 2.66. The molecule has 0 aliphatic rings. The van der Waals surface area contributed by atoms with Crippen molar-refractivity contribution in [2.75, 3.05) is 24.5 Å². The summed E-state index contributed by atoms with van der Waals surface area (Å²) in [5, 5.41) is 2.68. The largest absolute Gasteiger partial charge is 0.374 e. The van der Waals surface area contributed by atoms with E-state index < -0.39 is 6.67 Å². The van der Waals surface area contributed by atoms with E-state index in [2.05, 4.69) is 5.32 Å². The molecule has 0 radical (unpaired) electrons. The summed E-state index contributed by atoms with van der Waals surface area (Å²) >= 11 is 5.43. The first kappa shape index (κ1) is 13.9. The van der Waals surface area contributed by atoms with Crippen LogP contribution in [0.15, 0.2) is 18.2 Å². The molecule has 1 aromatic rings. The van der Waals surface area contributed by atoms with Crippen LogP contribution in [0.2, 0.25) is 0 Å². The van der Waals surface area contributed by atoms with E-state index in [4.69, 9.17) is 16.3 Å². The van der Waals surface area contributed by atoms with Gasteiger partial charge in [-0.1, -0.05) is 12.1 Å². The molecule has 0 saturated carbocycles. The molecular formula is C12H15ClFNO2. The van der Waals surface area contributed by atoms with Crippen molar-refractivity contribution in [3.8, 4) is 0 Å². The lowest BCUT2D eigenvalue weighted by Gasteiger charge is -2.11. The van der Waals surface area contributed by atoms with E-state index in [-0.39, 0.29) is 25.0 Å². The monoisotopic (exact) mass is 259 g/mol. The van der Waals surface area contributed by atoms with Crippen molar-refractivity contribution in [1.29, 1.82) is 0 Å². The third kappa shape index (κ3) is 4.71. The Bertz CT molecular complexity index is 385. The molecule has 3 nitrogen and oxygen atoms in total. The number of amides is 1. The minimum absolute atomic E-state index is 0.0524. The maximum absolute atomic E-state index is 11.9. The van der Waals surface area contributed by atoms with Crippen molar-refractivity contribution >= 4 is 23.2 Å². The smallest absolute Gasteiger partial charge is 0.239 e. The summed E-state index contributed by atoms with van der Waals surface area (Å²) in [6, 6.07) is 5.58. The van der Waals surface area contributed by atoms with Crippen molar-refractivity contribution in [3.63, 3.8) is 0 Å². The average Bonchev–Trinajstić information content (AvgIpc) is 2.32. The molecule has 0 atom stereocenters. The van der Waals surface area contributed by atoms with Gasteiger partial charge < -0.3 is 10.1 Å². The Labute approximate surface area is 105 Å². The molecule has 0 aromatic heterocycles. The number of carbonyl (C=O) groups is 1. The van der Waals surface area contributed by atoms with Crippen molar-refractivity contribution in [1.82, 2.24) is 0 Å². The van der Waals surface area contributed by atoms with Gasteiger partial charge in [-0.25, -0.2) is 4.39 Å². The molecule has 1 rings (SSSR count). The number of benzene rings is 1. The SMILES string of the molecule is Cc1ccc(COCCF)c(NC(=O)CCl)c1. The standard InChI is InChI=1S/C12H15ClFNO2/c1-9-2-3-10(8-17-5-4-14)11(6-9)15-12(16)7-13/h2-3,6H,4-5,7-8H2,1H3,(H,15,16). The molecule has 0 heterocycles. The van der Waals surface area contributed by atoms with E-state index in [1.54, 1.807) is 0 Å². The summed E-state index contributed by atoms with van der Waals surface area (Å²) in [7, 11) is 0. The van der Waals surface area contributed by atoms with Crippen LogP contribution in [0.5, 0.6) is 0 Å². The molecule has 5 heteroatoms. The van der Waals surface area contributed by atoms with Crippen LogP contribution in [0.25, 0.3) is 0 Å². The van der Waals surface area contributed by atoms with E-state index in [1.807, 2.05) is 25.1 Å². The highest BCUT2D eigenvalue weighted by molar-refractivity contribution is 6.29. The molecule has 17 heavy (non-hydrogen) atoms. The van der Waals surface area contributed by atoms with Crippen molar-refractivity contribution in [2.24, 2.45) is 0 Å². The minimum atomic E-state index is -0.519. The maximum atomic E-state index is 11.9. The highest BCUT2D eigenvalue weighted by atomic mass is 35.5. The van der Waals surface area contributed by atoms with Gasteiger partial charge in [0.15, 0.2) is 0 Å². The Morgan fingerprint density at radius 2 is 2.29 bits per heavy atom. The number of hydrogen-bond donors (Lipinski definition) is 1. The van der Waals surface area contributed by atoms with Gasteiger partial charge in [-0.15, -0.1) is 11.6 Å². The van der Waals surface area contributed by atoms with Gasteiger partial charge >= 0.3 is 0 Å². The van der Waals surface area contributed by atoms with E-state index >= 15 is 0 Å². The fourth-order valence-electron chi connectivity index (χ4n) is 1.35. The normalized spacial score (nSPS) is 10.3. The topological polar surface area (TPSA) is 38.3 Å². The van der Waals surface area contributed by atoms with Gasteiger partial charge in [0.1, 0.15) is 12.6 Å². The number of alkyl halides is 2. The number of halogens is 2. The highest BCUT2D eigenvalue weighted by Gasteiger charge is 2.06. The molecular weight excluding hydrogens is 245 g/mol. The molecule has 1 N–H and O–H groups in total. The van der Waals surface area contributed by atoms with Crippen LogP contribution in [0.3, 0.4) is 0 Å². The number of ether oxygens (including phenoxy) is 1. The molecule has 1 aromatic carbocycles. The Morgan fingerprint density at radius 1 is 1.53 bits per heavy atom. The zero-order chi connectivity index (χ0) is 12.7. The van der Waals surface area contributed by atoms with Gasteiger partial charge in [0, 0.05) is 11.3 Å².